The first kappa shape index (κ1) is 11.9. The van der Waals surface area contributed by atoms with Crippen molar-refractivity contribution in [1.82, 2.24) is 15.5 Å². The molecule has 1 heterocycles. The van der Waals surface area contributed by atoms with Crippen LogP contribution in [-0.4, -0.2) is 29.2 Å². The number of amides is 1. The average molecular weight is 229 g/mol. The first-order valence-electron chi connectivity index (χ1n) is 4.71. The fraction of sp³-hybridized carbons (Fsp3) is 0.444. The van der Waals surface area contributed by atoms with Gasteiger partial charge in [-0.3, -0.25) is 4.79 Å². The molecule has 0 radical (unpaired) electrons. The molecule has 6 heteroatoms. The molecular formula is C9H13ClN4O. The zero-order valence-electron chi connectivity index (χ0n) is 8.24. The van der Waals surface area contributed by atoms with Crippen molar-refractivity contribution in [2.75, 3.05) is 13.1 Å². The second-order valence-corrected chi connectivity index (χ2v) is 3.38. The molecule has 0 saturated heterocycles. The Bertz CT molecular complexity index is 314. The first-order chi connectivity index (χ1) is 7.24. The quantitative estimate of drug-likeness (QED) is 0.724. The van der Waals surface area contributed by atoms with E-state index in [0.717, 1.165) is 12.8 Å². The SMILES string of the molecule is NCCCCNC(=O)c1ccc(Cl)nn1. The number of hydrogen-bond acceptors (Lipinski definition) is 4. The largest absolute Gasteiger partial charge is 0.351 e. The molecule has 0 spiro atoms. The van der Waals surface area contributed by atoms with Gasteiger partial charge in [0.1, 0.15) is 0 Å². The van der Waals surface area contributed by atoms with Crippen molar-refractivity contribution in [3.63, 3.8) is 0 Å². The lowest BCUT2D eigenvalue weighted by Gasteiger charge is -2.02. The molecular weight excluding hydrogens is 216 g/mol. The van der Waals surface area contributed by atoms with Gasteiger partial charge in [-0.2, -0.15) is 0 Å². The summed E-state index contributed by atoms with van der Waals surface area (Å²) in [7, 11) is 0. The summed E-state index contributed by atoms with van der Waals surface area (Å²) >= 11 is 5.54. The van der Waals surface area contributed by atoms with Gasteiger partial charge in [-0.25, -0.2) is 0 Å². The average Bonchev–Trinajstić information content (AvgIpc) is 2.25. The zero-order valence-corrected chi connectivity index (χ0v) is 9.00. The Morgan fingerprint density at radius 1 is 1.40 bits per heavy atom. The van der Waals surface area contributed by atoms with Crippen molar-refractivity contribution in [3.05, 3.63) is 23.0 Å². The highest BCUT2D eigenvalue weighted by atomic mass is 35.5. The molecule has 1 aromatic rings. The molecule has 1 rings (SSSR count). The molecule has 0 aromatic carbocycles. The van der Waals surface area contributed by atoms with Gasteiger partial charge in [0.2, 0.25) is 0 Å². The maximum Gasteiger partial charge on any atom is 0.271 e. The minimum atomic E-state index is -0.240. The van der Waals surface area contributed by atoms with Gasteiger partial charge in [0.15, 0.2) is 10.8 Å². The van der Waals surface area contributed by atoms with Crippen molar-refractivity contribution >= 4 is 17.5 Å². The highest BCUT2D eigenvalue weighted by Crippen LogP contribution is 2.01. The highest BCUT2D eigenvalue weighted by molar-refractivity contribution is 6.29. The third-order valence-electron chi connectivity index (χ3n) is 1.78. The minimum absolute atomic E-state index is 0.240. The lowest BCUT2D eigenvalue weighted by molar-refractivity contribution is 0.0947. The second-order valence-electron chi connectivity index (χ2n) is 2.99. The van der Waals surface area contributed by atoms with Gasteiger partial charge in [0, 0.05) is 6.54 Å². The van der Waals surface area contributed by atoms with E-state index < -0.39 is 0 Å². The molecule has 0 fully saturated rings. The molecule has 5 nitrogen and oxygen atoms in total. The molecule has 0 aliphatic heterocycles. The van der Waals surface area contributed by atoms with Gasteiger partial charge in [-0.1, -0.05) is 11.6 Å². The van der Waals surface area contributed by atoms with Crippen LogP contribution in [0.3, 0.4) is 0 Å². The third kappa shape index (κ3) is 4.22. The molecule has 0 atom stereocenters. The molecule has 0 unspecified atom stereocenters. The Labute approximate surface area is 93.0 Å². The zero-order chi connectivity index (χ0) is 11.1. The molecule has 0 aliphatic carbocycles. The van der Waals surface area contributed by atoms with Crippen molar-refractivity contribution < 1.29 is 4.79 Å². The molecule has 82 valence electrons. The fourth-order valence-electron chi connectivity index (χ4n) is 0.999. The summed E-state index contributed by atoms with van der Waals surface area (Å²) in [5.74, 6) is -0.240. The maximum absolute atomic E-state index is 11.4. The Morgan fingerprint density at radius 3 is 2.80 bits per heavy atom. The van der Waals surface area contributed by atoms with Gasteiger partial charge < -0.3 is 11.1 Å². The summed E-state index contributed by atoms with van der Waals surface area (Å²) < 4.78 is 0. The summed E-state index contributed by atoms with van der Waals surface area (Å²) in [6.45, 7) is 1.23. The summed E-state index contributed by atoms with van der Waals surface area (Å²) in [5, 5.41) is 10.2. The Kier molecular flexibility index (Phi) is 5.00. The number of carbonyl (C=O) groups excluding carboxylic acids is 1. The fourth-order valence-corrected chi connectivity index (χ4v) is 1.10. The van der Waals surface area contributed by atoms with Crippen molar-refractivity contribution in [2.45, 2.75) is 12.8 Å². The third-order valence-corrected chi connectivity index (χ3v) is 1.98. The topological polar surface area (TPSA) is 80.9 Å². The van der Waals surface area contributed by atoms with E-state index in [1.54, 1.807) is 0 Å². The number of carbonyl (C=O) groups is 1. The van der Waals surface area contributed by atoms with Crippen LogP contribution in [0.4, 0.5) is 0 Å². The van der Waals surface area contributed by atoms with Gasteiger partial charge in [-0.15, -0.1) is 10.2 Å². The lowest BCUT2D eigenvalue weighted by atomic mass is 10.3. The van der Waals surface area contributed by atoms with E-state index in [1.807, 2.05) is 0 Å². The number of nitrogens with one attached hydrogen (secondary N) is 1. The van der Waals surface area contributed by atoms with E-state index in [0.29, 0.717) is 13.1 Å². The number of nitrogens with zero attached hydrogens (tertiary/aromatic N) is 2. The molecule has 0 bridgehead atoms. The van der Waals surface area contributed by atoms with Gasteiger partial charge in [-0.05, 0) is 31.5 Å². The van der Waals surface area contributed by atoms with E-state index in [2.05, 4.69) is 15.5 Å². The van der Waals surface area contributed by atoms with Crippen LogP contribution in [0.5, 0.6) is 0 Å². The minimum Gasteiger partial charge on any atom is -0.351 e. The van der Waals surface area contributed by atoms with Gasteiger partial charge >= 0.3 is 0 Å². The molecule has 1 amide bonds. The summed E-state index contributed by atoms with van der Waals surface area (Å²) in [6, 6.07) is 3.07. The van der Waals surface area contributed by atoms with Crippen molar-refractivity contribution in [1.29, 1.82) is 0 Å². The van der Waals surface area contributed by atoms with Crippen LogP contribution in [-0.2, 0) is 0 Å². The standard InChI is InChI=1S/C9H13ClN4O/c10-8-4-3-7(13-14-8)9(15)12-6-2-1-5-11/h3-4H,1-2,5-6,11H2,(H,12,15). The molecule has 0 aliphatic rings. The van der Waals surface area contributed by atoms with Crippen LogP contribution >= 0.6 is 11.6 Å². The van der Waals surface area contributed by atoms with E-state index in [-0.39, 0.29) is 16.8 Å². The number of unbranched alkanes of at least 4 members (excludes halogenated alkanes) is 1. The molecule has 1 aromatic heterocycles. The number of nitrogens with two attached hydrogens (primary N) is 1. The molecule has 0 saturated carbocycles. The van der Waals surface area contributed by atoms with Gasteiger partial charge in [0.05, 0.1) is 0 Å². The predicted octanol–water partition coefficient (Wildman–Crippen LogP) is 0.599. The Hall–Kier alpha value is -1.20. The first-order valence-corrected chi connectivity index (χ1v) is 5.09. The number of rotatable bonds is 5. The number of hydrogen-bond donors (Lipinski definition) is 2. The smallest absolute Gasteiger partial charge is 0.271 e. The van der Waals surface area contributed by atoms with Crippen LogP contribution in [0.2, 0.25) is 5.15 Å². The van der Waals surface area contributed by atoms with Crippen LogP contribution in [0, 0.1) is 0 Å². The summed E-state index contributed by atoms with van der Waals surface area (Å²) in [4.78, 5) is 11.4. The lowest BCUT2D eigenvalue weighted by Crippen LogP contribution is -2.25. The predicted molar refractivity (Wildman–Crippen MR) is 57.7 cm³/mol. The van der Waals surface area contributed by atoms with Crippen LogP contribution in [0.1, 0.15) is 23.3 Å². The van der Waals surface area contributed by atoms with Crippen LogP contribution in [0.25, 0.3) is 0 Å². The second kappa shape index (κ2) is 6.31. The van der Waals surface area contributed by atoms with E-state index in [4.69, 9.17) is 17.3 Å². The molecule has 15 heavy (non-hydrogen) atoms. The molecule has 3 N–H and O–H groups in total. The summed E-state index contributed by atoms with van der Waals surface area (Å²) in [6.07, 6.45) is 1.76. The number of aromatic nitrogens is 2. The van der Waals surface area contributed by atoms with Crippen molar-refractivity contribution in [2.24, 2.45) is 5.73 Å². The summed E-state index contributed by atoms with van der Waals surface area (Å²) in [5.41, 5.74) is 5.59. The van der Waals surface area contributed by atoms with Gasteiger partial charge in [0.25, 0.3) is 5.91 Å². The highest BCUT2D eigenvalue weighted by Gasteiger charge is 2.06. The van der Waals surface area contributed by atoms with Crippen LogP contribution in [0.15, 0.2) is 12.1 Å². The van der Waals surface area contributed by atoms with E-state index in [9.17, 15) is 4.79 Å². The Morgan fingerprint density at radius 2 is 2.20 bits per heavy atom. The van der Waals surface area contributed by atoms with E-state index >= 15 is 0 Å². The maximum atomic E-state index is 11.4. The van der Waals surface area contributed by atoms with E-state index in [1.165, 1.54) is 12.1 Å². The van der Waals surface area contributed by atoms with Crippen LogP contribution < -0.4 is 11.1 Å². The monoisotopic (exact) mass is 228 g/mol. The Balaban J connectivity index is 2.37. The normalized spacial score (nSPS) is 10.0. The van der Waals surface area contributed by atoms with Crippen molar-refractivity contribution in [3.8, 4) is 0 Å². The number of halogens is 1.